The van der Waals surface area contributed by atoms with Crippen LogP contribution in [0.5, 0.6) is 0 Å². The smallest absolute Gasteiger partial charge is 0.224 e. The van der Waals surface area contributed by atoms with Crippen molar-refractivity contribution in [1.29, 1.82) is 0 Å². The van der Waals surface area contributed by atoms with E-state index in [2.05, 4.69) is 5.32 Å². The molecule has 2 aromatic carbocycles. The fourth-order valence-corrected chi connectivity index (χ4v) is 3.89. The number of ketones is 1. The van der Waals surface area contributed by atoms with Crippen LogP contribution in [0.25, 0.3) is 11.1 Å². The number of carbonyl (C=O) groups is 2. The van der Waals surface area contributed by atoms with Crippen molar-refractivity contribution >= 4 is 28.7 Å². The molecule has 132 valence electrons. The summed E-state index contributed by atoms with van der Waals surface area (Å²) in [7, 11) is 0. The topological polar surface area (TPSA) is 46.2 Å². The summed E-state index contributed by atoms with van der Waals surface area (Å²) >= 11 is 1.61. The summed E-state index contributed by atoms with van der Waals surface area (Å²) in [6.07, 6.45) is 0.395. The van der Waals surface area contributed by atoms with Gasteiger partial charge in [0.25, 0.3) is 0 Å². The third-order valence-corrected chi connectivity index (χ3v) is 5.17. The van der Waals surface area contributed by atoms with Gasteiger partial charge in [-0.25, -0.2) is 0 Å². The van der Waals surface area contributed by atoms with Gasteiger partial charge in [-0.3, -0.25) is 9.59 Å². The summed E-state index contributed by atoms with van der Waals surface area (Å²) in [6.45, 7) is 3.93. The minimum Gasteiger partial charge on any atom is -0.326 e. The summed E-state index contributed by atoms with van der Waals surface area (Å²) in [5.41, 5.74) is 3.52. The maximum atomic E-state index is 12.4. The van der Waals surface area contributed by atoms with Crippen molar-refractivity contribution < 1.29 is 9.59 Å². The Balaban J connectivity index is 1.66. The number of aryl methyl sites for hydroxylation is 2. The van der Waals surface area contributed by atoms with Gasteiger partial charge in [-0.2, -0.15) is 0 Å². The van der Waals surface area contributed by atoms with Gasteiger partial charge >= 0.3 is 0 Å². The van der Waals surface area contributed by atoms with Crippen LogP contribution < -0.4 is 5.32 Å². The number of thiophene rings is 1. The number of rotatable bonds is 6. The molecule has 0 bridgehead atoms. The Labute approximate surface area is 157 Å². The molecule has 3 aromatic rings. The van der Waals surface area contributed by atoms with Crippen molar-refractivity contribution in [2.45, 2.75) is 26.7 Å². The molecule has 0 atom stereocenters. The van der Waals surface area contributed by atoms with Crippen molar-refractivity contribution in [1.82, 2.24) is 0 Å². The molecule has 1 heterocycles. The third kappa shape index (κ3) is 4.27. The molecule has 0 saturated heterocycles. The lowest BCUT2D eigenvalue weighted by Gasteiger charge is -2.11. The first-order valence-corrected chi connectivity index (χ1v) is 9.41. The van der Waals surface area contributed by atoms with E-state index in [-0.39, 0.29) is 24.5 Å². The van der Waals surface area contributed by atoms with E-state index >= 15 is 0 Å². The third-order valence-electron chi connectivity index (χ3n) is 4.21. The van der Waals surface area contributed by atoms with Gasteiger partial charge in [0, 0.05) is 39.4 Å². The highest BCUT2D eigenvalue weighted by Crippen LogP contribution is 2.28. The van der Waals surface area contributed by atoms with E-state index in [0.29, 0.717) is 0 Å². The Morgan fingerprint density at radius 1 is 0.923 bits per heavy atom. The molecule has 3 rings (SSSR count). The summed E-state index contributed by atoms with van der Waals surface area (Å²) in [5, 5.41) is 2.95. The van der Waals surface area contributed by atoms with Gasteiger partial charge in [0.15, 0.2) is 5.78 Å². The van der Waals surface area contributed by atoms with Crippen molar-refractivity contribution in [3.05, 3.63) is 76.0 Å². The number of benzene rings is 2. The van der Waals surface area contributed by atoms with Gasteiger partial charge in [-0.05, 0) is 31.5 Å². The van der Waals surface area contributed by atoms with E-state index < -0.39 is 0 Å². The SMILES string of the molecule is Cc1cc(C(=O)CCC(=O)Nc2ccccc2-c2ccccc2)c(C)s1. The Bertz CT molecular complexity index is 928. The minimum absolute atomic E-state index is 0.0262. The number of para-hydroxylation sites is 1. The Hall–Kier alpha value is -2.72. The maximum absolute atomic E-state index is 12.4. The fraction of sp³-hybridized carbons (Fsp3) is 0.182. The number of anilines is 1. The molecule has 1 N–H and O–H groups in total. The largest absolute Gasteiger partial charge is 0.326 e. The highest BCUT2D eigenvalue weighted by atomic mass is 32.1. The van der Waals surface area contributed by atoms with Gasteiger partial charge < -0.3 is 5.32 Å². The van der Waals surface area contributed by atoms with Crippen LogP contribution in [-0.4, -0.2) is 11.7 Å². The summed E-state index contributed by atoms with van der Waals surface area (Å²) in [5.74, 6) is -0.121. The number of carbonyl (C=O) groups excluding carboxylic acids is 2. The fourth-order valence-electron chi connectivity index (χ4n) is 2.94. The molecule has 0 aliphatic rings. The number of nitrogens with one attached hydrogen (secondary N) is 1. The minimum atomic E-state index is -0.147. The first-order chi connectivity index (χ1) is 12.5. The Morgan fingerprint density at radius 2 is 1.62 bits per heavy atom. The summed E-state index contributed by atoms with van der Waals surface area (Å²) in [6, 6.07) is 19.5. The van der Waals surface area contributed by atoms with Crippen LogP contribution in [-0.2, 0) is 4.79 Å². The zero-order chi connectivity index (χ0) is 18.5. The lowest BCUT2D eigenvalue weighted by atomic mass is 10.0. The molecule has 4 heteroatoms. The lowest BCUT2D eigenvalue weighted by molar-refractivity contribution is -0.116. The van der Waals surface area contributed by atoms with Crippen LogP contribution in [0.3, 0.4) is 0 Å². The summed E-state index contributed by atoms with van der Waals surface area (Å²) in [4.78, 5) is 26.8. The van der Waals surface area contributed by atoms with Gasteiger partial charge in [0.2, 0.25) is 5.91 Å². The molecule has 26 heavy (non-hydrogen) atoms. The normalized spacial score (nSPS) is 10.5. The highest BCUT2D eigenvalue weighted by Gasteiger charge is 2.14. The van der Waals surface area contributed by atoms with Crippen LogP contribution in [0, 0.1) is 13.8 Å². The van der Waals surface area contributed by atoms with Crippen LogP contribution >= 0.6 is 11.3 Å². The molecule has 0 unspecified atom stereocenters. The van der Waals surface area contributed by atoms with Crippen molar-refractivity contribution in [2.24, 2.45) is 0 Å². The Kier molecular flexibility index (Phi) is 5.64. The predicted molar refractivity (Wildman–Crippen MR) is 108 cm³/mol. The zero-order valence-electron chi connectivity index (χ0n) is 14.9. The van der Waals surface area contributed by atoms with Crippen LogP contribution in [0.4, 0.5) is 5.69 Å². The molecular formula is C22H21NO2S. The van der Waals surface area contributed by atoms with Crippen molar-refractivity contribution in [3.8, 4) is 11.1 Å². The van der Waals surface area contributed by atoms with Crippen LogP contribution in [0.15, 0.2) is 60.7 Å². The molecule has 3 nitrogen and oxygen atoms in total. The lowest BCUT2D eigenvalue weighted by Crippen LogP contribution is -2.14. The molecule has 1 amide bonds. The van der Waals surface area contributed by atoms with Crippen molar-refractivity contribution in [3.63, 3.8) is 0 Å². The predicted octanol–water partition coefficient (Wildman–Crippen LogP) is 5.63. The Morgan fingerprint density at radius 3 is 2.31 bits per heavy atom. The number of Topliss-reactive ketones (excluding diaryl/α,β-unsaturated/α-hetero) is 1. The zero-order valence-corrected chi connectivity index (χ0v) is 15.7. The van der Waals surface area contributed by atoms with E-state index in [1.54, 1.807) is 11.3 Å². The average Bonchev–Trinajstić information content (AvgIpc) is 2.99. The average molecular weight is 363 g/mol. The molecular weight excluding hydrogens is 342 g/mol. The van der Waals surface area contributed by atoms with E-state index in [4.69, 9.17) is 0 Å². The summed E-state index contributed by atoms with van der Waals surface area (Å²) < 4.78 is 0. The van der Waals surface area contributed by atoms with Crippen LogP contribution in [0.1, 0.15) is 33.0 Å². The molecule has 0 aliphatic carbocycles. The second kappa shape index (κ2) is 8.11. The maximum Gasteiger partial charge on any atom is 0.224 e. The first-order valence-electron chi connectivity index (χ1n) is 8.59. The number of amides is 1. The monoisotopic (exact) mass is 363 g/mol. The molecule has 0 radical (unpaired) electrons. The standard InChI is InChI=1S/C22H21NO2S/c1-15-14-19(16(2)26-15)21(24)12-13-22(25)23-20-11-7-6-10-18(20)17-8-4-3-5-9-17/h3-11,14H,12-13H2,1-2H3,(H,23,25). The van der Waals surface area contributed by atoms with Gasteiger partial charge in [-0.1, -0.05) is 48.5 Å². The van der Waals surface area contributed by atoms with Crippen molar-refractivity contribution in [2.75, 3.05) is 5.32 Å². The van der Waals surface area contributed by atoms with Gasteiger partial charge in [0.1, 0.15) is 0 Å². The van der Waals surface area contributed by atoms with Gasteiger partial charge in [0.05, 0.1) is 0 Å². The molecule has 0 aliphatic heterocycles. The second-order valence-electron chi connectivity index (χ2n) is 6.21. The van der Waals surface area contributed by atoms with Gasteiger partial charge in [-0.15, -0.1) is 11.3 Å². The molecule has 1 aromatic heterocycles. The second-order valence-corrected chi connectivity index (χ2v) is 7.67. The highest BCUT2D eigenvalue weighted by molar-refractivity contribution is 7.12. The van der Waals surface area contributed by atoms with E-state index in [1.807, 2.05) is 74.5 Å². The quantitative estimate of drug-likeness (QED) is 0.577. The first kappa shape index (κ1) is 18.1. The molecule has 0 saturated carbocycles. The number of hydrogen-bond donors (Lipinski definition) is 1. The van der Waals surface area contributed by atoms with Crippen LogP contribution in [0.2, 0.25) is 0 Å². The molecule has 0 spiro atoms. The van der Waals surface area contributed by atoms with E-state index in [0.717, 1.165) is 32.1 Å². The van der Waals surface area contributed by atoms with E-state index in [9.17, 15) is 9.59 Å². The number of hydrogen-bond acceptors (Lipinski definition) is 3. The van der Waals surface area contributed by atoms with E-state index in [1.165, 1.54) is 0 Å². The molecule has 0 fully saturated rings.